The average Bonchev–Trinajstić information content (AvgIpc) is 2.63. The van der Waals surface area contributed by atoms with Crippen LogP contribution in [0.25, 0.3) is 0 Å². The van der Waals surface area contributed by atoms with E-state index in [1.807, 2.05) is 60.7 Å². The topological polar surface area (TPSA) is 38.7 Å². The van der Waals surface area contributed by atoms with Crippen molar-refractivity contribution < 1.29 is 14.6 Å². The number of phenols is 1. The minimum atomic E-state index is 0.0867. The number of benzene rings is 3. The number of ether oxygens (including phenoxy) is 2. The van der Waals surface area contributed by atoms with E-state index < -0.39 is 0 Å². The van der Waals surface area contributed by atoms with Gasteiger partial charge in [0, 0.05) is 12.1 Å². The zero-order valence-corrected chi connectivity index (χ0v) is 14.6. The first kappa shape index (κ1) is 16.4. The predicted octanol–water partition coefficient (Wildman–Crippen LogP) is 5.31. The molecule has 3 rings (SSSR count). The van der Waals surface area contributed by atoms with Gasteiger partial charge in [0.1, 0.15) is 34.9 Å². The fraction of sp³-hybridized carbons (Fsp3) is 0.100. The molecule has 0 saturated carbocycles. The van der Waals surface area contributed by atoms with E-state index in [2.05, 4.69) is 15.9 Å². The molecule has 0 saturated heterocycles. The zero-order valence-electron chi connectivity index (χ0n) is 13.0. The normalized spacial score (nSPS) is 10.4. The number of rotatable bonds is 6. The summed E-state index contributed by atoms with van der Waals surface area (Å²) in [5, 5.41) is 10.1. The summed E-state index contributed by atoms with van der Waals surface area (Å²) in [5.41, 5.74) is 2.12. The molecule has 0 aliphatic rings. The lowest BCUT2D eigenvalue weighted by molar-refractivity contribution is 0.285. The van der Waals surface area contributed by atoms with Crippen LogP contribution in [0.4, 0.5) is 0 Å². The fourth-order valence-electron chi connectivity index (χ4n) is 2.22. The summed E-state index contributed by atoms with van der Waals surface area (Å²) in [6, 6.07) is 23.1. The van der Waals surface area contributed by atoms with Crippen molar-refractivity contribution in [1.82, 2.24) is 0 Å². The highest BCUT2D eigenvalue weighted by atomic mass is 79.9. The first-order valence-electron chi connectivity index (χ1n) is 7.58. The third-order valence-electron chi connectivity index (χ3n) is 3.48. The van der Waals surface area contributed by atoms with Gasteiger partial charge in [0.2, 0.25) is 0 Å². The maximum Gasteiger partial charge on any atom is 0.141 e. The van der Waals surface area contributed by atoms with Crippen molar-refractivity contribution >= 4 is 15.9 Å². The molecule has 0 unspecified atom stereocenters. The molecule has 0 amide bonds. The summed E-state index contributed by atoms with van der Waals surface area (Å²) in [4.78, 5) is 0. The summed E-state index contributed by atoms with van der Waals surface area (Å²) in [6.07, 6.45) is 0. The Morgan fingerprint density at radius 3 is 1.88 bits per heavy atom. The summed E-state index contributed by atoms with van der Waals surface area (Å²) in [5.74, 6) is 1.19. The number of hydrogen-bond donors (Lipinski definition) is 1. The molecule has 0 atom stereocenters. The van der Waals surface area contributed by atoms with Gasteiger partial charge < -0.3 is 14.6 Å². The second-order valence-electron chi connectivity index (χ2n) is 5.30. The molecule has 3 aromatic rings. The largest absolute Gasteiger partial charge is 0.506 e. The van der Waals surface area contributed by atoms with Crippen molar-refractivity contribution in [1.29, 1.82) is 0 Å². The second kappa shape index (κ2) is 7.88. The van der Waals surface area contributed by atoms with Gasteiger partial charge >= 0.3 is 0 Å². The summed E-state index contributed by atoms with van der Waals surface area (Å²) >= 11 is 3.35. The maximum atomic E-state index is 10.1. The Bertz CT molecular complexity index is 789. The smallest absolute Gasteiger partial charge is 0.141 e. The highest BCUT2D eigenvalue weighted by molar-refractivity contribution is 9.10. The SMILES string of the molecule is Oc1cc(OCc2ccccc2)cc(OCc2ccccc2)c1Br. The molecule has 0 radical (unpaired) electrons. The van der Waals surface area contributed by atoms with Gasteiger partial charge in [-0.3, -0.25) is 0 Å². The van der Waals surface area contributed by atoms with Crippen molar-refractivity contribution in [3.8, 4) is 17.2 Å². The minimum absolute atomic E-state index is 0.0867. The van der Waals surface area contributed by atoms with Gasteiger partial charge in [0.05, 0.1) is 0 Å². The number of hydrogen-bond acceptors (Lipinski definition) is 3. The standard InChI is InChI=1S/C20H17BrO3/c21-20-18(22)11-17(23-13-15-7-3-1-4-8-15)12-19(20)24-14-16-9-5-2-6-10-16/h1-12,22H,13-14H2. The van der Waals surface area contributed by atoms with Gasteiger partial charge in [0.25, 0.3) is 0 Å². The lowest BCUT2D eigenvalue weighted by Gasteiger charge is -2.13. The van der Waals surface area contributed by atoms with E-state index in [1.54, 1.807) is 12.1 Å². The van der Waals surface area contributed by atoms with Gasteiger partial charge in [-0.2, -0.15) is 0 Å². The Balaban J connectivity index is 1.71. The lowest BCUT2D eigenvalue weighted by atomic mass is 10.2. The number of halogens is 1. The van der Waals surface area contributed by atoms with E-state index in [9.17, 15) is 5.11 Å². The molecule has 4 heteroatoms. The van der Waals surface area contributed by atoms with Crippen molar-refractivity contribution in [3.63, 3.8) is 0 Å². The van der Waals surface area contributed by atoms with Crippen molar-refractivity contribution in [2.24, 2.45) is 0 Å². The summed E-state index contributed by atoms with van der Waals surface area (Å²) < 4.78 is 12.1. The van der Waals surface area contributed by atoms with Crippen molar-refractivity contribution in [3.05, 3.63) is 88.4 Å². The molecule has 0 spiro atoms. The fourth-order valence-corrected chi connectivity index (χ4v) is 2.57. The molecular weight excluding hydrogens is 368 g/mol. The zero-order chi connectivity index (χ0) is 16.8. The molecule has 3 nitrogen and oxygen atoms in total. The Labute approximate surface area is 149 Å². The van der Waals surface area contributed by atoms with Crippen LogP contribution in [0.3, 0.4) is 0 Å². The van der Waals surface area contributed by atoms with Crippen LogP contribution in [-0.2, 0) is 13.2 Å². The van der Waals surface area contributed by atoms with E-state index in [-0.39, 0.29) is 5.75 Å². The molecule has 0 aromatic heterocycles. The summed E-state index contributed by atoms with van der Waals surface area (Å²) in [7, 11) is 0. The average molecular weight is 385 g/mol. The van der Waals surface area contributed by atoms with E-state index in [4.69, 9.17) is 9.47 Å². The molecule has 0 aliphatic heterocycles. The Kier molecular flexibility index (Phi) is 5.39. The molecular formula is C20H17BrO3. The van der Waals surface area contributed by atoms with Crippen LogP contribution >= 0.6 is 15.9 Å². The highest BCUT2D eigenvalue weighted by Crippen LogP contribution is 2.38. The predicted molar refractivity (Wildman–Crippen MR) is 97.4 cm³/mol. The third-order valence-corrected chi connectivity index (χ3v) is 4.28. The highest BCUT2D eigenvalue weighted by Gasteiger charge is 2.11. The first-order valence-corrected chi connectivity index (χ1v) is 8.37. The van der Waals surface area contributed by atoms with E-state index in [1.165, 1.54) is 0 Å². The molecule has 0 fully saturated rings. The Hall–Kier alpha value is -2.46. The van der Waals surface area contributed by atoms with Crippen LogP contribution in [0.1, 0.15) is 11.1 Å². The van der Waals surface area contributed by atoms with Gasteiger partial charge in [0.15, 0.2) is 0 Å². The molecule has 24 heavy (non-hydrogen) atoms. The van der Waals surface area contributed by atoms with E-state index in [0.29, 0.717) is 29.2 Å². The van der Waals surface area contributed by atoms with Crippen molar-refractivity contribution in [2.75, 3.05) is 0 Å². The first-order chi connectivity index (χ1) is 11.7. The Morgan fingerprint density at radius 2 is 1.29 bits per heavy atom. The summed E-state index contributed by atoms with van der Waals surface area (Å²) in [6.45, 7) is 0.848. The van der Waals surface area contributed by atoms with Crippen LogP contribution in [0.2, 0.25) is 0 Å². The number of phenolic OH excluding ortho intramolecular Hbond substituents is 1. The van der Waals surface area contributed by atoms with Crippen LogP contribution in [0.15, 0.2) is 77.3 Å². The van der Waals surface area contributed by atoms with Crippen LogP contribution in [-0.4, -0.2) is 5.11 Å². The van der Waals surface area contributed by atoms with Crippen LogP contribution in [0, 0.1) is 0 Å². The van der Waals surface area contributed by atoms with Crippen LogP contribution in [0.5, 0.6) is 17.2 Å². The molecule has 0 aliphatic carbocycles. The maximum absolute atomic E-state index is 10.1. The molecule has 122 valence electrons. The number of aromatic hydroxyl groups is 1. The lowest BCUT2D eigenvalue weighted by Crippen LogP contribution is -1.98. The molecule has 0 bridgehead atoms. The van der Waals surface area contributed by atoms with E-state index >= 15 is 0 Å². The van der Waals surface area contributed by atoms with Gasteiger partial charge in [-0.05, 0) is 27.1 Å². The van der Waals surface area contributed by atoms with Crippen molar-refractivity contribution in [2.45, 2.75) is 13.2 Å². The van der Waals surface area contributed by atoms with Gasteiger partial charge in [-0.1, -0.05) is 60.7 Å². The molecule has 0 heterocycles. The molecule has 1 N–H and O–H groups in total. The third kappa shape index (κ3) is 4.30. The second-order valence-corrected chi connectivity index (χ2v) is 6.10. The Morgan fingerprint density at radius 1 is 0.750 bits per heavy atom. The van der Waals surface area contributed by atoms with Gasteiger partial charge in [-0.15, -0.1) is 0 Å². The van der Waals surface area contributed by atoms with E-state index in [0.717, 1.165) is 11.1 Å². The van der Waals surface area contributed by atoms with Gasteiger partial charge in [-0.25, -0.2) is 0 Å². The molecule has 3 aromatic carbocycles. The monoisotopic (exact) mass is 384 g/mol. The minimum Gasteiger partial charge on any atom is -0.506 e. The quantitative estimate of drug-likeness (QED) is 0.625. The van der Waals surface area contributed by atoms with Crippen LogP contribution < -0.4 is 9.47 Å².